The predicted molar refractivity (Wildman–Crippen MR) is 514 cm³/mol. The van der Waals surface area contributed by atoms with Crippen molar-refractivity contribution >= 4 is 107 Å². The van der Waals surface area contributed by atoms with E-state index in [-0.39, 0.29) is 65.3 Å². The summed E-state index contributed by atoms with van der Waals surface area (Å²) < 4.78 is 47.4. The minimum Gasteiger partial charge on any atom is -0.508 e. The van der Waals surface area contributed by atoms with E-state index >= 15 is 0 Å². The normalized spacial score (nSPS) is 14.5. The first kappa shape index (κ1) is 95.8. The third kappa shape index (κ3) is 24.6. The highest BCUT2D eigenvalue weighted by atomic mass is 32.2. The molecule has 45 heteroatoms. The molecule has 0 saturated carbocycles. The Morgan fingerprint density at radius 2 is 0.837 bits per heavy atom. The van der Waals surface area contributed by atoms with Crippen LogP contribution in [-0.4, -0.2) is 236 Å². The number of methoxy groups -OCH3 is 3. The zero-order valence-electron chi connectivity index (χ0n) is 75.5. The number of sulfone groups is 1. The smallest absolute Gasteiger partial charge is 0.337 e. The Kier molecular flexibility index (Phi) is 32.1. The molecule has 3 saturated heterocycles. The fraction of sp³-hybridized carbons (Fsp3) is 0.367. The molecule has 18 rings (SSSR count). The van der Waals surface area contributed by atoms with E-state index in [1.54, 1.807) is 115 Å². The molecule has 13 heterocycles. The average molecular weight is 1860 g/mol. The lowest BCUT2D eigenvalue weighted by atomic mass is 10.1. The van der Waals surface area contributed by atoms with Crippen molar-refractivity contribution in [3.05, 3.63) is 232 Å². The van der Waals surface area contributed by atoms with Gasteiger partial charge >= 0.3 is 34.4 Å². The number of H-pyrrole nitrogens is 5. The molecular formula is C90H110N32O12S. The second-order valence-corrected chi connectivity index (χ2v) is 34.7. The number of aromatic amines is 5. The number of carbonyl (C=O) groups is 1. The number of nitrogens with one attached hydrogen (secondary N) is 14. The van der Waals surface area contributed by atoms with E-state index in [1.807, 2.05) is 36.4 Å². The van der Waals surface area contributed by atoms with Crippen molar-refractivity contribution in [2.24, 2.45) is 29.2 Å². The van der Waals surface area contributed by atoms with Crippen molar-refractivity contribution in [1.82, 2.24) is 114 Å². The Hall–Kier alpha value is -15.2. The van der Waals surface area contributed by atoms with Crippen LogP contribution in [0.4, 0.5) is 35.4 Å². The molecule has 3 aliphatic heterocycles. The van der Waals surface area contributed by atoms with Gasteiger partial charge in [0, 0.05) is 67.4 Å². The molecule has 3 fully saturated rings. The van der Waals surface area contributed by atoms with Gasteiger partial charge in [0.15, 0.2) is 38.1 Å². The maximum atomic E-state index is 12.6. The van der Waals surface area contributed by atoms with E-state index < -0.39 is 15.8 Å². The molecule has 135 heavy (non-hydrogen) atoms. The summed E-state index contributed by atoms with van der Waals surface area (Å²) in [5.41, 5.74) is 20.1. The molecule has 3 aliphatic rings. The first-order valence-electron chi connectivity index (χ1n) is 44.2. The molecular weight excluding hydrogens is 1750 g/mol. The second kappa shape index (κ2) is 45.3. The topological polar surface area (TPSA) is 601 Å². The Bertz CT molecular complexity index is 7110. The summed E-state index contributed by atoms with van der Waals surface area (Å²) in [4.78, 5) is 132. The summed E-state index contributed by atoms with van der Waals surface area (Å²) in [5, 5.41) is 48.4. The number of carbonyl (C=O) groups excluding carboxylic acids is 1. The monoisotopic (exact) mass is 1860 g/mol. The number of fused-ring (bicyclic) bond motifs is 5. The van der Waals surface area contributed by atoms with Crippen molar-refractivity contribution < 1.29 is 32.5 Å². The summed E-state index contributed by atoms with van der Waals surface area (Å²) in [6, 6.07) is 34.0. The minimum absolute atomic E-state index is 0.102. The summed E-state index contributed by atoms with van der Waals surface area (Å²) >= 11 is 0. The van der Waals surface area contributed by atoms with Crippen molar-refractivity contribution in [2.75, 3.05) is 145 Å². The maximum absolute atomic E-state index is 12.6. The molecule has 708 valence electrons. The van der Waals surface area contributed by atoms with Crippen molar-refractivity contribution in [3.63, 3.8) is 0 Å². The van der Waals surface area contributed by atoms with Crippen LogP contribution in [0, 0.1) is 29.1 Å². The van der Waals surface area contributed by atoms with Crippen molar-refractivity contribution in [2.45, 2.75) is 89.6 Å². The predicted octanol–water partition coefficient (Wildman–Crippen LogP) is 5.03. The van der Waals surface area contributed by atoms with E-state index in [4.69, 9.17) is 25.7 Å². The molecule has 0 amide bonds. The van der Waals surface area contributed by atoms with Gasteiger partial charge in [-0.3, -0.25) is 22.8 Å². The molecule has 5 aromatic carbocycles. The van der Waals surface area contributed by atoms with E-state index in [2.05, 4.69) is 143 Å². The molecule has 19 N–H and O–H groups in total. The molecule has 44 nitrogen and oxygen atoms in total. The number of nitriles is 1. The zero-order chi connectivity index (χ0) is 95.1. The summed E-state index contributed by atoms with van der Waals surface area (Å²) in [7, 11) is 1.09. The number of ether oxygens (including phenoxy) is 3. The fourth-order valence-electron chi connectivity index (χ4n) is 15.6. The van der Waals surface area contributed by atoms with Crippen LogP contribution in [-0.2, 0) is 47.3 Å². The molecule has 15 aromatic rings. The number of phenols is 1. The van der Waals surface area contributed by atoms with Gasteiger partial charge in [-0.1, -0.05) is 54.6 Å². The third-order valence-corrected chi connectivity index (χ3v) is 23.8. The third-order valence-electron chi connectivity index (χ3n) is 22.6. The van der Waals surface area contributed by atoms with Crippen LogP contribution in [0.5, 0.6) is 17.2 Å². The summed E-state index contributed by atoms with van der Waals surface area (Å²) in [5.74, 6) is 4.93. The number of rotatable bonds is 33. The number of anilines is 6. The van der Waals surface area contributed by atoms with Crippen LogP contribution in [0.15, 0.2) is 169 Å². The Labute approximate surface area is 772 Å². The standard InChI is InChI=1S/C21H29N7O2.C20H24N6O4.C18H22N6O3S.C16H17N7O.C15H18N6O2/c1-13(2)25-16-4-5-18(30-3)15(8-16)12-28-19-17(26-21(28)29)11-24-20(27-19)23-10-14-6-7-22-9-14;1-29-16-4-3-13(18(27)30-2)7-14(16)11-26-17-15(24-20(26)28)10-23-19(25-17)22-9-12-5-6-21-8-12;1-28(26,27)15-5-3-2-4-13(15)11-24-16-14(22-18(24)25)10-21-17(23-16)20-9-12-6-7-19-8-12;17-6-3-7-19-15-20-9-13-14(22-15)23(16(24)21-13)10-12-5-2-1-4-11(12)8-18;16-6-3-7-17-14-18-8-11-13(20-14)21(15(23)19-11)9-10-4-1-2-5-12(10)22/h4-5,8,11,13-14,22,25H,6-7,9-10,12H2,1-3H3,(H,26,29)(H,23,24,27);3-4,7,10,12,21H,5-6,8-9,11H2,1-2H3,(H,24,28)(H,22,23,25);2-5,10,12,19H,6-9,11H2,1H3,(H,22,25)(H,20,21,23);1-2,4-5,9H,3,6-7,10,17H2,(H,21,24)(H,19,20,22);1-2,4-5,8,22H,3,6-7,9,16H2,(H,19,23)(H,17,18,20)/t14-;2*12-;;/m111../s1. The number of para-hydroxylation sites is 1. The zero-order valence-corrected chi connectivity index (χ0v) is 76.3. The average Bonchev–Trinajstić information content (AvgIpc) is 1.66. The van der Waals surface area contributed by atoms with Crippen LogP contribution in [0.2, 0.25) is 0 Å². The van der Waals surface area contributed by atoms with Crippen LogP contribution < -0.4 is 97.2 Å². The summed E-state index contributed by atoms with van der Waals surface area (Å²) in [6.07, 6.45) is 14.1. The number of hydrogen-bond acceptors (Lipinski definition) is 34. The Balaban J connectivity index is 0.000000136. The fourth-order valence-corrected chi connectivity index (χ4v) is 16.5. The number of nitrogens with zero attached hydrogens (tertiary/aromatic N) is 16. The SMILES string of the molecule is COC(=O)c1ccc(OC)c(Cn2c(=O)[nH]c3cnc(NC[C@@H]4CCNC4)nc32)c1.COc1ccc(NC(C)C)cc1Cn1c(=O)[nH]c2cnc(NC[C@@H]3CCNC3)nc21.CS(=O)(=O)c1ccccc1Cn1c(=O)[nH]c2cnc(NC[C@@H]3CCNC3)nc21.N#Cc1ccccc1Cn1c(=O)[nH]c2cnc(NCCCN)nc21.NCCCNc1ncc2[nH]c(=O)n(Cc3ccccc3O)c2n1. The van der Waals surface area contributed by atoms with Gasteiger partial charge in [-0.25, -0.2) is 62.1 Å². The van der Waals surface area contributed by atoms with Crippen LogP contribution in [0.25, 0.3) is 55.8 Å². The number of imidazole rings is 5. The van der Waals surface area contributed by atoms with Crippen LogP contribution in [0.3, 0.4) is 0 Å². The molecule has 0 spiro atoms. The first-order chi connectivity index (χ1) is 65.4. The number of aromatic hydroxyl groups is 1. The van der Waals surface area contributed by atoms with Crippen molar-refractivity contribution in [3.8, 4) is 23.3 Å². The van der Waals surface area contributed by atoms with Crippen molar-refractivity contribution in [1.29, 1.82) is 5.26 Å². The molecule has 0 aliphatic carbocycles. The van der Waals surface area contributed by atoms with E-state index in [0.29, 0.717) is 176 Å². The molecule has 0 bridgehead atoms. The lowest BCUT2D eigenvalue weighted by Gasteiger charge is -2.15. The van der Waals surface area contributed by atoms with Gasteiger partial charge in [-0.2, -0.15) is 30.2 Å². The Morgan fingerprint density at radius 3 is 1.21 bits per heavy atom. The molecule has 0 radical (unpaired) electrons. The quantitative estimate of drug-likeness (QED) is 0.0189. The van der Waals surface area contributed by atoms with Gasteiger partial charge in [0.05, 0.1) is 107 Å². The number of nitrogens with two attached hydrogens (primary N) is 2. The van der Waals surface area contributed by atoms with Crippen LogP contribution in [0.1, 0.15) is 89.7 Å². The number of benzene rings is 5. The van der Waals surface area contributed by atoms with Gasteiger partial charge in [0.1, 0.15) is 44.8 Å². The summed E-state index contributed by atoms with van der Waals surface area (Å²) in [6.45, 7) is 16.1. The molecule has 10 aromatic heterocycles. The van der Waals surface area contributed by atoms with Gasteiger partial charge in [0.25, 0.3) is 0 Å². The van der Waals surface area contributed by atoms with Gasteiger partial charge in [-0.05, 0) is 182 Å². The number of hydrogen-bond donors (Lipinski definition) is 17. The van der Waals surface area contributed by atoms with Gasteiger partial charge in [0.2, 0.25) is 29.7 Å². The number of phenolic OH excluding ortho intramolecular Hbond substituents is 1. The largest absolute Gasteiger partial charge is 0.508 e. The minimum atomic E-state index is -3.41. The number of aromatic nitrogens is 20. The van der Waals surface area contributed by atoms with Gasteiger partial charge in [-0.15, -0.1) is 0 Å². The molecule has 3 atom stereocenters. The van der Waals surface area contributed by atoms with E-state index in [1.165, 1.54) is 32.5 Å². The lowest BCUT2D eigenvalue weighted by molar-refractivity contribution is 0.0600. The lowest BCUT2D eigenvalue weighted by Crippen LogP contribution is -2.20. The molecule has 0 unspecified atom stereocenters. The highest BCUT2D eigenvalue weighted by Gasteiger charge is 2.24. The van der Waals surface area contributed by atoms with E-state index in [9.17, 15) is 47.6 Å². The Morgan fingerprint density at radius 1 is 0.481 bits per heavy atom. The number of esters is 1. The van der Waals surface area contributed by atoms with Gasteiger partial charge < -0.3 is 104 Å². The van der Waals surface area contributed by atoms with E-state index in [0.717, 1.165) is 120 Å². The first-order valence-corrected chi connectivity index (χ1v) is 46.1. The highest BCUT2D eigenvalue weighted by Crippen LogP contribution is 2.29. The maximum Gasteiger partial charge on any atom is 0.337 e. The van der Waals surface area contributed by atoms with Crippen LogP contribution >= 0.6 is 0 Å². The highest BCUT2D eigenvalue weighted by molar-refractivity contribution is 7.90. The second-order valence-electron chi connectivity index (χ2n) is 32.7.